The molecule has 5 heteroatoms. The molecule has 33 heavy (non-hydrogen) atoms. The first-order valence-electron chi connectivity index (χ1n) is 12.0. The number of nitrogens with zero attached hydrogens (tertiary/aromatic N) is 2. The van der Waals surface area contributed by atoms with Gasteiger partial charge in [-0.2, -0.15) is 0 Å². The van der Waals surface area contributed by atoms with Crippen molar-refractivity contribution in [2.45, 2.75) is 59.3 Å². The van der Waals surface area contributed by atoms with Gasteiger partial charge in [-0.15, -0.1) is 0 Å². The van der Waals surface area contributed by atoms with Gasteiger partial charge in [-0.1, -0.05) is 62.3 Å². The zero-order chi connectivity index (χ0) is 23.6. The quantitative estimate of drug-likeness (QED) is 0.262. The molecule has 0 atom stereocenters. The number of benzene rings is 1. The molecule has 5 nitrogen and oxygen atoms in total. The zero-order valence-electron chi connectivity index (χ0n) is 20.1. The van der Waals surface area contributed by atoms with Gasteiger partial charge >= 0.3 is 0 Å². The molecule has 1 heterocycles. The predicted octanol–water partition coefficient (Wildman–Crippen LogP) is 6.29. The molecule has 1 aromatic rings. The molecule has 0 radical (unpaired) electrons. The SMILES string of the molecule is C/C=C1/C(=O)N(CCCCCCNc2ccccc2N=C2CC=CC=C2C)C(=O)/C1=C/CC. The van der Waals surface area contributed by atoms with E-state index in [1.807, 2.05) is 38.1 Å². The second-order valence-corrected chi connectivity index (χ2v) is 8.39. The minimum atomic E-state index is -0.152. The number of hydrogen-bond acceptors (Lipinski definition) is 4. The summed E-state index contributed by atoms with van der Waals surface area (Å²) in [5.74, 6) is -0.297. The minimum Gasteiger partial charge on any atom is -0.383 e. The highest BCUT2D eigenvalue weighted by Gasteiger charge is 2.37. The summed E-state index contributed by atoms with van der Waals surface area (Å²) in [6, 6.07) is 8.16. The smallest absolute Gasteiger partial charge is 0.261 e. The number of allylic oxidation sites excluding steroid dienone is 6. The Labute approximate surface area is 197 Å². The number of anilines is 1. The Hall–Kier alpha value is -3.21. The molecule has 0 bridgehead atoms. The number of carbonyl (C=O) groups excluding carboxylic acids is 2. The Morgan fingerprint density at radius 2 is 1.82 bits per heavy atom. The number of hydrogen-bond donors (Lipinski definition) is 1. The normalized spacial score (nSPS) is 19.8. The second-order valence-electron chi connectivity index (χ2n) is 8.39. The third kappa shape index (κ3) is 6.19. The fraction of sp³-hybridized carbons (Fsp3) is 0.393. The summed E-state index contributed by atoms with van der Waals surface area (Å²) in [5.41, 5.74) is 5.44. The van der Waals surface area contributed by atoms with Crippen molar-refractivity contribution in [3.63, 3.8) is 0 Å². The standard InChI is InChI=1S/C28H35N3O2/c1-4-14-23-22(5-2)27(32)31(28(23)33)20-13-7-6-12-19-29-25-17-10-11-18-26(25)30-24-16-9-8-15-21(24)3/h5,8-11,14-15,17-18,29H,4,6-7,12-13,16,19-20H2,1-3H3/b22-5+,23-14+,30-24?. The first-order chi connectivity index (χ1) is 16.1. The van der Waals surface area contributed by atoms with Crippen molar-refractivity contribution in [1.82, 2.24) is 4.90 Å². The predicted molar refractivity (Wildman–Crippen MR) is 137 cm³/mol. The number of unbranched alkanes of at least 4 members (excludes halogenated alkanes) is 3. The highest BCUT2D eigenvalue weighted by molar-refractivity contribution is 6.24. The highest BCUT2D eigenvalue weighted by atomic mass is 16.2. The Morgan fingerprint density at radius 1 is 1.06 bits per heavy atom. The largest absolute Gasteiger partial charge is 0.383 e. The lowest BCUT2D eigenvalue weighted by Gasteiger charge is -2.13. The summed E-state index contributed by atoms with van der Waals surface area (Å²) in [6.07, 6.45) is 15.4. The number of para-hydroxylation sites is 2. The van der Waals surface area contributed by atoms with E-state index < -0.39 is 0 Å². The molecule has 1 aromatic carbocycles. The van der Waals surface area contributed by atoms with Crippen LogP contribution in [0.3, 0.4) is 0 Å². The van der Waals surface area contributed by atoms with Crippen LogP contribution in [0.5, 0.6) is 0 Å². The average Bonchev–Trinajstić information content (AvgIpc) is 3.04. The molecule has 3 rings (SSSR count). The number of aliphatic imine (C=N–C) groups is 1. The van der Waals surface area contributed by atoms with Crippen LogP contribution in [0.2, 0.25) is 0 Å². The molecule has 2 amide bonds. The van der Waals surface area contributed by atoms with Gasteiger partial charge in [-0.25, -0.2) is 0 Å². The molecule has 1 fully saturated rings. The van der Waals surface area contributed by atoms with Crippen molar-refractivity contribution >= 4 is 28.9 Å². The van der Waals surface area contributed by atoms with Gasteiger partial charge in [-0.3, -0.25) is 19.5 Å². The molecule has 1 aliphatic heterocycles. The van der Waals surface area contributed by atoms with Crippen molar-refractivity contribution in [1.29, 1.82) is 0 Å². The monoisotopic (exact) mass is 445 g/mol. The van der Waals surface area contributed by atoms with Crippen LogP contribution < -0.4 is 5.32 Å². The fourth-order valence-corrected chi connectivity index (χ4v) is 4.12. The molecule has 1 aliphatic carbocycles. The molecule has 0 aromatic heterocycles. The van der Waals surface area contributed by atoms with E-state index in [-0.39, 0.29) is 11.8 Å². The first kappa shape index (κ1) is 24.4. The minimum absolute atomic E-state index is 0.145. The van der Waals surface area contributed by atoms with Gasteiger partial charge in [0, 0.05) is 36.4 Å². The lowest BCUT2D eigenvalue weighted by molar-refractivity contribution is -0.136. The van der Waals surface area contributed by atoms with Crippen LogP contribution in [0, 0.1) is 0 Å². The number of nitrogens with one attached hydrogen (secondary N) is 1. The van der Waals surface area contributed by atoms with Crippen molar-refractivity contribution in [2.24, 2.45) is 4.99 Å². The molecule has 0 unspecified atom stereocenters. The van der Waals surface area contributed by atoms with Gasteiger partial charge < -0.3 is 5.32 Å². The maximum Gasteiger partial charge on any atom is 0.261 e. The Bertz CT molecular complexity index is 1030. The van der Waals surface area contributed by atoms with E-state index in [2.05, 4.69) is 36.5 Å². The summed E-state index contributed by atoms with van der Waals surface area (Å²) < 4.78 is 0. The number of amides is 2. The van der Waals surface area contributed by atoms with Crippen LogP contribution in [0.15, 0.2) is 76.4 Å². The summed E-state index contributed by atoms with van der Waals surface area (Å²) >= 11 is 0. The molecule has 0 spiro atoms. The Kier molecular flexibility index (Phi) is 8.99. The van der Waals surface area contributed by atoms with E-state index >= 15 is 0 Å². The van der Waals surface area contributed by atoms with Gasteiger partial charge in [0.05, 0.1) is 11.4 Å². The van der Waals surface area contributed by atoms with Crippen molar-refractivity contribution in [2.75, 3.05) is 18.4 Å². The van der Waals surface area contributed by atoms with E-state index in [1.165, 1.54) is 10.5 Å². The molecule has 1 N–H and O–H groups in total. The van der Waals surface area contributed by atoms with Crippen LogP contribution in [0.25, 0.3) is 0 Å². The van der Waals surface area contributed by atoms with Gasteiger partial charge in [0.15, 0.2) is 0 Å². The third-order valence-corrected chi connectivity index (χ3v) is 5.97. The van der Waals surface area contributed by atoms with Gasteiger partial charge in [0.2, 0.25) is 0 Å². The summed E-state index contributed by atoms with van der Waals surface area (Å²) in [7, 11) is 0. The van der Waals surface area contributed by atoms with E-state index in [0.29, 0.717) is 17.7 Å². The molecule has 174 valence electrons. The second kappa shape index (κ2) is 12.1. The van der Waals surface area contributed by atoms with Crippen molar-refractivity contribution in [3.05, 3.63) is 71.4 Å². The van der Waals surface area contributed by atoms with Crippen LogP contribution in [0.4, 0.5) is 11.4 Å². The number of carbonyl (C=O) groups is 2. The fourth-order valence-electron chi connectivity index (χ4n) is 4.12. The van der Waals surface area contributed by atoms with Crippen LogP contribution >= 0.6 is 0 Å². The zero-order valence-corrected chi connectivity index (χ0v) is 20.1. The number of rotatable bonds is 10. The highest BCUT2D eigenvalue weighted by Crippen LogP contribution is 2.27. The molecule has 0 saturated carbocycles. The topological polar surface area (TPSA) is 61.8 Å². The van der Waals surface area contributed by atoms with E-state index in [4.69, 9.17) is 4.99 Å². The summed E-state index contributed by atoms with van der Waals surface area (Å²) in [6.45, 7) is 7.25. The van der Waals surface area contributed by atoms with E-state index in [0.717, 1.165) is 62.2 Å². The van der Waals surface area contributed by atoms with Crippen LogP contribution in [0.1, 0.15) is 59.3 Å². The van der Waals surface area contributed by atoms with Crippen molar-refractivity contribution < 1.29 is 9.59 Å². The van der Waals surface area contributed by atoms with Gasteiger partial charge in [0.1, 0.15) is 0 Å². The van der Waals surface area contributed by atoms with E-state index in [1.54, 1.807) is 6.08 Å². The molecular formula is C28H35N3O2. The van der Waals surface area contributed by atoms with Gasteiger partial charge in [0.25, 0.3) is 11.8 Å². The molecule has 2 aliphatic rings. The number of imide groups is 1. The molecule has 1 saturated heterocycles. The van der Waals surface area contributed by atoms with Crippen molar-refractivity contribution in [3.8, 4) is 0 Å². The van der Waals surface area contributed by atoms with Gasteiger partial charge in [-0.05, 0) is 50.8 Å². The maximum atomic E-state index is 12.6. The van der Waals surface area contributed by atoms with Crippen LogP contribution in [-0.4, -0.2) is 35.5 Å². The van der Waals surface area contributed by atoms with E-state index in [9.17, 15) is 9.59 Å². The summed E-state index contributed by atoms with van der Waals surface area (Å²) in [4.78, 5) is 31.4. The Morgan fingerprint density at radius 3 is 2.58 bits per heavy atom. The third-order valence-electron chi connectivity index (χ3n) is 5.97. The van der Waals surface area contributed by atoms with Crippen LogP contribution in [-0.2, 0) is 9.59 Å². The Balaban J connectivity index is 1.43. The maximum absolute atomic E-state index is 12.6. The lowest BCUT2D eigenvalue weighted by atomic mass is 10.0. The average molecular weight is 446 g/mol. The first-order valence-corrected chi connectivity index (χ1v) is 12.0. The number of likely N-dealkylation sites (tertiary alicyclic amines) is 1. The lowest BCUT2D eigenvalue weighted by Crippen LogP contribution is -2.30. The molecular weight excluding hydrogens is 410 g/mol. The summed E-state index contributed by atoms with van der Waals surface area (Å²) in [5, 5.41) is 3.52.